The molecule has 2 N–H and O–H groups in total. The fourth-order valence-corrected chi connectivity index (χ4v) is 4.41. The van der Waals surface area contributed by atoms with Crippen LogP contribution >= 0.6 is 35.0 Å². The van der Waals surface area contributed by atoms with Gasteiger partial charge in [0.2, 0.25) is 11.8 Å². The third kappa shape index (κ3) is 6.16. The first-order valence-corrected chi connectivity index (χ1v) is 11.0. The molecule has 1 aliphatic rings. The SMILES string of the molecule is O=C(CSc1cccc(NC(=O)C2CCCCC2)c1)Nc1ccc(Cl)cc1Cl. The van der Waals surface area contributed by atoms with Gasteiger partial charge in [-0.15, -0.1) is 11.8 Å². The summed E-state index contributed by atoms with van der Waals surface area (Å²) in [5.74, 6) is 0.279. The molecule has 0 aliphatic heterocycles. The molecule has 0 aromatic heterocycles. The molecule has 0 atom stereocenters. The second kappa shape index (κ2) is 10.2. The maximum Gasteiger partial charge on any atom is 0.234 e. The van der Waals surface area contributed by atoms with E-state index in [2.05, 4.69) is 10.6 Å². The summed E-state index contributed by atoms with van der Waals surface area (Å²) >= 11 is 13.3. The highest BCUT2D eigenvalue weighted by Gasteiger charge is 2.21. The zero-order valence-electron chi connectivity index (χ0n) is 15.3. The van der Waals surface area contributed by atoms with E-state index in [4.69, 9.17) is 23.2 Å². The van der Waals surface area contributed by atoms with Crippen molar-refractivity contribution in [3.8, 4) is 0 Å². The number of hydrogen-bond acceptors (Lipinski definition) is 3. The topological polar surface area (TPSA) is 58.2 Å². The summed E-state index contributed by atoms with van der Waals surface area (Å²) in [5, 5.41) is 6.71. The molecule has 148 valence electrons. The van der Waals surface area contributed by atoms with Gasteiger partial charge >= 0.3 is 0 Å². The molecule has 2 amide bonds. The number of halogens is 2. The summed E-state index contributed by atoms with van der Waals surface area (Å²) in [6.07, 6.45) is 5.40. The number of thioether (sulfide) groups is 1. The Morgan fingerprint density at radius 2 is 1.79 bits per heavy atom. The van der Waals surface area contributed by atoms with Crippen molar-refractivity contribution in [1.29, 1.82) is 0 Å². The number of carbonyl (C=O) groups is 2. The number of hydrogen-bond donors (Lipinski definition) is 2. The second-order valence-corrected chi connectivity index (χ2v) is 8.71. The van der Waals surface area contributed by atoms with Crippen LogP contribution < -0.4 is 10.6 Å². The summed E-state index contributed by atoms with van der Waals surface area (Å²) in [7, 11) is 0. The monoisotopic (exact) mass is 436 g/mol. The third-order valence-electron chi connectivity index (χ3n) is 4.65. The van der Waals surface area contributed by atoms with Crippen LogP contribution in [-0.4, -0.2) is 17.6 Å². The molecule has 0 radical (unpaired) electrons. The van der Waals surface area contributed by atoms with Gasteiger partial charge in [0.15, 0.2) is 0 Å². The minimum Gasteiger partial charge on any atom is -0.326 e. The zero-order valence-corrected chi connectivity index (χ0v) is 17.7. The molecule has 4 nitrogen and oxygen atoms in total. The van der Waals surface area contributed by atoms with Gasteiger partial charge in [-0.2, -0.15) is 0 Å². The van der Waals surface area contributed by atoms with Crippen LogP contribution in [0.2, 0.25) is 10.0 Å². The van der Waals surface area contributed by atoms with Crippen LogP contribution in [0.3, 0.4) is 0 Å². The van der Waals surface area contributed by atoms with Gasteiger partial charge in [0, 0.05) is 21.5 Å². The number of anilines is 2. The van der Waals surface area contributed by atoms with Crippen LogP contribution in [0, 0.1) is 5.92 Å². The lowest BCUT2D eigenvalue weighted by Crippen LogP contribution is -2.24. The summed E-state index contributed by atoms with van der Waals surface area (Å²) < 4.78 is 0. The van der Waals surface area contributed by atoms with Gasteiger partial charge in [-0.25, -0.2) is 0 Å². The van der Waals surface area contributed by atoms with Crippen molar-refractivity contribution >= 4 is 58.2 Å². The number of amides is 2. The van der Waals surface area contributed by atoms with Crippen LogP contribution in [-0.2, 0) is 9.59 Å². The van der Waals surface area contributed by atoms with Crippen molar-refractivity contribution in [2.75, 3.05) is 16.4 Å². The Morgan fingerprint density at radius 1 is 1.00 bits per heavy atom. The average molecular weight is 437 g/mol. The highest BCUT2D eigenvalue weighted by atomic mass is 35.5. The van der Waals surface area contributed by atoms with Gasteiger partial charge in [0.1, 0.15) is 0 Å². The van der Waals surface area contributed by atoms with Crippen LogP contribution in [0.25, 0.3) is 0 Å². The Bertz CT molecular complexity index is 854. The van der Waals surface area contributed by atoms with Crippen LogP contribution in [0.5, 0.6) is 0 Å². The molecule has 1 fully saturated rings. The Hall–Kier alpha value is -1.69. The van der Waals surface area contributed by atoms with E-state index >= 15 is 0 Å². The first kappa shape index (κ1) is 21.0. The third-order valence-corrected chi connectivity index (χ3v) is 6.19. The number of nitrogens with one attached hydrogen (secondary N) is 2. The number of benzene rings is 2. The lowest BCUT2D eigenvalue weighted by molar-refractivity contribution is -0.120. The molecule has 0 saturated heterocycles. The predicted octanol–water partition coefficient (Wildman–Crippen LogP) is 6.24. The van der Waals surface area contributed by atoms with Crippen molar-refractivity contribution in [1.82, 2.24) is 0 Å². The first-order valence-electron chi connectivity index (χ1n) is 9.30. The molecule has 0 heterocycles. The molecule has 2 aromatic rings. The minimum atomic E-state index is -0.161. The summed E-state index contributed by atoms with van der Waals surface area (Å²) in [6, 6.07) is 12.5. The number of rotatable bonds is 6. The van der Waals surface area contributed by atoms with Crippen molar-refractivity contribution in [3.05, 3.63) is 52.5 Å². The standard InChI is InChI=1S/C21H22Cl2N2O2S/c22-15-9-10-19(18(23)11-15)25-20(26)13-28-17-8-4-7-16(12-17)24-21(27)14-5-2-1-3-6-14/h4,7-12,14H,1-3,5-6,13H2,(H,24,27)(H,25,26). The number of carbonyl (C=O) groups excluding carboxylic acids is 2. The Kier molecular flexibility index (Phi) is 7.65. The molecular weight excluding hydrogens is 415 g/mol. The average Bonchev–Trinajstić information content (AvgIpc) is 2.69. The fourth-order valence-electron chi connectivity index (χ4n) is 3.20. The molecule has 0 spiro atoms. The van der Waals surface area contributed by atoms with E-state index in [9.17, 15) is 9.59 Å². The fraction of sp³-hybridized carbons (Fsp3) is 0.333. The summed E-state index contributed by atoms with van der Waals surface area (Å²) in [6.45, 7) is 0. The summed E-state index contributed by atoms with van der Waals surface area (Å²) in [4.78, 5) is 25.5. The van der Waals surface area contributed by atoms with E-state index in [0.29, 0.717) is 15.7 Å². The molecule has 28 heavy (non-hydrogen) atoms. The zero-order chi connectivity index (χ0) is 19.9. The predicted molar refractivity (Wildman–Crippen MR) is 117 cm³/mol. The van der Waals surface area contributed by atoms with Crippen molar-refractivity contribution in [3.63, 3.8) is 0 Å². The van der Waals surface area contributed by atoms with Crippen molar-refractivity contribution in [2.24, 2.45) is 5.92 Å². The molecular formula is C21H22Cl2N2O2S. The molecule has 1 saturated carbocycles. The summed E-state index contributed by atoms with van der Waals surface area (Å²) in [5.41, 5.74) is 1.30. The highest BCUT2D eigenvalue weighted by Crippen LogP contribution is 2.28. The molecule has 0 unspecified atom stereocenters. The van der Waals surface area contributed by atoms with E-state index in [1.807, 2.05) is 24.3 Å². The Balaban J connectivity index is 1.52. The van der Waals surface area contributed by atoms with Gasteiger partial charge in [-0.1, -0.05) is 48.5 Å². The van der Waals surface area contributed by atoms with Crippen molar-refractivity contribution < 1.29 is 9.59 Å². The van der Waals surface area contributed by atoms with Gasteiger partial charge in [0.05, 0.1) is 16.5 Å². The molecule has 0 bridgehead atoms. The lowest BCUT2D eigenvalue weighted by atomic mass is 9.88. The van der Waals surface area contributed by atoms with Crippen LogP contribution in [0.1, 0.15) is 32.1 Å². The first-order chi connectivity index (χ1) is 13.5. The minimum absolute atomic E-state index is 0.0944. The van der Waals surface area contributed by atoms with E-state index in [0.717, 1.165) is 36.3 Å². The maximum absolute atomic E-state index is 12.4. The molecule has 1 aliphatic carbocycles. The van der Waals surface area contributed by atoms with Gasteiger partial charge < -0.3 is 10.6 Å². The van der Waals surface area contributed by atoms with E-state index < -0.39 is 0 Å². The maximum atomic E-state index is 12.4. The van der Waals surface area contributed by atoms with Gasteiger partial charge in [-0.05, 0) is 49.2 Å². The quantitative estimate of drug-likeness (QED) is 0.526. The van der Waals surface area contributed by atoms with Crippen LogP contribution in [0.4, 0.5) is 11.4 Å². The normalized spacial score (nSPS) is 14.5. The largest absolute Gasteiger partial charge is 0.326 e. The molecule has 7 heteroatoms. The van der Waals surface area contributed by atoms with E-state index in [1.165, 1.54) is 18.2 Å². The van der Waals surface area contributed by atoms with Gasteiger partial charge in [-0.3, -0.25) is 9.59 Å². The smallest absolute Gasteiger partial charge is 0.234 e. The van der Waals surface area contributed by atoms with Crippen LogP contribution in [0.15, 0.2) is 47.4 Å². The Morgan fingerprint density at radius 3 is 2.54 bits per heavy atom. The van der Waals surface area contributed by atoms with Gasteiger partial charge in [0.25, 0.3) is 0 Å². The Labute approximate surface area is 179 Å². The lowest BCUT2D eigenvalue weighted by Gasteiger charge is -2.20. The molecule has 2 aromatic carbocycles. The van der Waals surface area contributed by atoms with E-state index in [1.54, 1.807) is 18.2 Å². The van der Waals surface area contributed by atoms with E-state index in [-0.39, 0.29) is 23.5 Å². The highest BCUT2D eigenvalue weighted by molar-refractivity contribution is 8.00. The second-order valence-electron chi connectivity index (χ2n) is 6.81. The van der Waals surface area contributed by atoms with Crippen molar-refractivity contribution in [2.45, 2.75) is 37.0 Å². The molecule has 3 rings (SSSR count).